The standard InChI is InChI=1S/C15H22N2O2/c16-14(10-17-8-1-9-17)15(18)11-2-4-12(5-3-11)19-13-6-7-13/h2-5,13-15,18H,1,6-10,16H2/t14-,15-/m1/s1. The maximum atomic E-state index is 10.3. The average molecular weight is 262 g/mol. The van der Waals surface area contributed by atoms with E-state index in [9.17, 15) is 5.11 Å². The van der Waals surface area contributed by atoms with Gasteiger partial charge in [0.2, 0.25) is 0 Å². The van der Waals surface area contributed by atoms with Crippen molar-refractivity contribution in [1.29, 1.82) is 0 Å². The molecule has 104 valence electrons. The van der Waals surface area contributed by atoms with Gasteiger partial charge in [0.05, 0.1) is 12.2 Å². The molecule has 1 aromatic carbocycles. The zero-order valence-electron chi connectivity index (χ0n) is 11.2. The van der Waals surface area contributed by atoms with Gasteiger partial charge in [0.25, 0.3) is 0 Å². The maximum Gasteiger partial charge on any atom is 0.119 e. The summed E-state index contributed by atoms with van der Waals surface area (Å²) in [6, 6.07) is 7.45. The van der Waals surface area contributed by atoms with Crippen LogP contribution in [-0.2, 0) is 0 Å². The van der Waals surface area contributed by atoms with E-state index >= 15 is 0 Å². The second kappa shape index (κ2) is 5.49. The Morgan fingerprint density at radius 3 is 2.47 bits per heavy atom. The minimum Gasteiger partial charge on any atom is -0.490 e. The number of hydrogen-bond donors (Lipinski definition) is 2. The minimum atomic E-state index is -0.601. The Morgan fingerprint density at radius 1 is 1.26 bits per heavy atom. The van der Waals surface area contributed by atoms with Crippen molar-refractivity contribution in [3.8, 4) is 5.75 Å². The highest BCUT2D eigenvalue weighted by Crippen LogP contribution is 2.28. The first-order valence-electron chi connectivity index (χ1n) is 7.15. The van der Waals surface area contributed by atoms with E-state index < -0.39 is 6.10 Å². The lowest BCUT2D eigenvalue weighted by molar-refractivity contribution is 0.0955. The quantitative estimate of drug-likeness (QED) is 0.811. The molecule has 1 aromatic rings. The molecule has 0 unspecified atom stereocenters. The van der Waals surface area contributed by atoms with Crippen molar-refractivity contribution in [3.63, 3.8) is 0 Å². The van der Waals surface area contributed by atoms with Crippen LogP contribution in [0, 0.1) is 0 Å². The van der Waals surface area contributed by atoms with Crippen LogP contribution in [0.4, 0.5) is 0 Å². The molecule has 4 heteroatoms. The monoisotopic (exact) mass is 262 g/mol. The molecule has 1 heterocycles. The highest BCUT2D eigenvalue weighted by molar-refractivity contribution is 5.29. The SMILES string of the molecule is N[C@H](CN1CCC1)[C@H](O)c1ccc(OC2CC2)cc1. The zero-order valence-corrected chi connectivity index (χ0v) is 11.2. The van der Waals surface area contributed by atoms with Crippen molar-refractivity contribution in [1.82, 2.24) is 4.90 Å². The molecular weight excluding hydrogens is 240 g/mol. The van der Waals surface area contributed by atoms with Gasteiger partial charge in [0, 0.05) is 12.6 Å². The molecule has 19 heavy (non-hydrogen) atoms. The van der Waals surface area contributed by atoms with Crippen LogP contribution in [-0.4, -0.2) is 41.8 Å². The number of aliphatic hydroxyl groups is 1. The van der Waals surface area contributed by atoms with Gasteiger partial charge in [-0.25, -0.2) is 0 Å². The number of rotatable bonds is 6. The molecule has 2 fully saturated rings. The molecule has 0 bridgehead atoms. The molecule has 2 aliphatic rings. The van der Waals surface area contributed by atoms with Crippen molar-refractivity contribution >= 4 is 0 Å². The highest BCUT2D eigenvalue weighted by atomic mass is 16.5. The van der Waals surface area contributed by atoms with Crippen molar-refractivity contribution < 1.29 is 9.84 Å². The van der Waals surface area contributed by atoms with E-state index in [1.54, 1.807) is 0 Å². The molecule has 1 saturated carbocycles. The number of aliphatic hydroxyl groups excluding tert-OH is 1. The lowest BCUT2D eigenvalue weighted by Gasteiger charge is -2.34. The molecule has 2 atom stereocenters. The fourth-order valence-corrected chi connectivity index (χ4v) is 2.33. The second-order valence-electron chi connectivity index (χ2n) is 5.65. The third-order valence-electron chi connectivity index (χ3n) is 3.87. The topological polar surface area (TPSA) is 58.7 Å². The summed E-state index contributed by atoms with van der Waals surface area (Å²) in [6.45, 7) is 2.98. The molecule has 4 nitrogen and oxygen atoms in total. The summed E-state index contributed by atoms with van der Waals surface area (Å²) < 4.78 is 5.69. The number of nitrogens with zero attached hydrogens (tertiary/aromatic N) is 1. The Kier molecular flexibility index (Phi) is 3.73. The smallest absolute Gasteiger partial charge is 0.119 e. The molecular formula is C15H22N2O2. The van der Waals surface area contributed by atoms with E-state index in [0.29, 0.717) is 6.10 Å². The summed E-state index contributed by atoms with van der Waals surface area (Å²) in [5.74, 6) is 0.884. The maximum absolute atomic E-state index is 10.3. The van der Waals surface area contributed by atoms with Gasteiger partial charge in [0.15, 0.2) is 0 Å². The fraction of sp³-hybridized carbons (Fsp3) is 0.600. The van der Waals surface area contributed by atoms with Crippen LogP contribution >= 0.6 is 0 Å². The van der Waals surface area contributed by atoms with Gasteiger partial charge in [0.1, 0.15) is 5.75 Å². The molecule has 0 spiro atoms. The highest BCUT2D eigenvalue weighted by Gasteiger charge is 2.24. The van der Waals surface area contributed by atoms with E-state index in [1.807, 2.05) is 24.3 Å². The fourth-order valence-electron chi connectivity index (χ4n) is 2.33. The number of likely N-dealkylation sites (tertiary alicyclic amines) is 1. The predicted octanol–water partition coefficient (Wildman–Crippen LogP) is 1.29. The van der Waals surface area contributed by atoms with E-state index in [1.165, 1.54) is 6.42 Å². The first-order chi connectivity index (χ1) is 9.22. The van der Waals surface area contributed by atoms with Crippen LogP contribution in [0.25, 0.3) is 0 Å². The Bertz CT molecular complexity index is 413. The number of benzene rings is 1. The lowest BCUT2D eigenvalue weighted by Crippen LogP contribution is -2.47. The van der Waals surface area contributed by atoms with Crippen LogP contribution in [0.15, 0.2) is 24.3 Å². The molecule has 3 N–H and O–H groups in total. The first kappa shape index (κ1) is 12.9. The Labute approximate surface area is 114 Å². The van der Waals surface area contributed by atoms with E-state index in [2.05, 4.69) is 4.90 Å². The normalized spacial score (nSPS) is 22.6. The lowest BCUT2D eigenvalue weighted by atomic mass is 10.0. The van der Waals surface area contributed by atoms with Crippen LogP contribution in [0.1, 0.15) is 30.9 Å². The summed E-state index contributed by atoms with van der Waals surface area (Å²) in [4.78, 5) is 2.28. The molecule has 0 radical (unpaired) electrons. The van der Waals surface area contributed by atoms with Gasteiger partial charge in [-0.05, 0) is 50.0 Å². The number of nitrogens with two attached hydrogens (primary N) is 1. The van der Waals surface area contributed by atoms with Gasteiger partial charge in [-0.1, -0.05) is 12.1 Å². The van der Waals surface area contributed by atoms with Gasteiger partial charge in [-0.3, -0.25) is 0 Å². The van der Waals surface area contributed by atoms with Crippen LogP contribution in [0.2, 0.25) is 0 Å². The largest absolute Gasteiger partial charge is 0.490 e. The Hall–Kier alpha value is -1.10. The Balaban J connectivity index is 1.56. The minimum absolute atomic E-state index is 0.226. The molecule has 0 amide bonds. The molecule has 1 saturated heterocycles. The summed E-state index contributed by atoms with van der Waals surface area (Å²) in [5, 5.41) is 10.3. The van der Waals surface area contributed by atoms with Crippen LogP contribution in [0.3, 0.4) is 0 Å². The van der Waals surface area contributed by atoms with Crippen molar-refractivity contribution in [2.24, 2.45) is 5.73 Å². The number of hydrogen-bond acceptors (Lipinski definition) is 4. The summed E-state index contributed by atoms with van der Waals surface area (Å²) in [5.41, 5.74) is 6.94. The summed E-state index contributed by atoms with van der Waals surface area (Å²) in [7, 11) is 0. The summed E-state index contributed by atoms with van der Waals surface area (Å²) >= 11 is 0. The van der Waals surface area contributed by atoms with E-state index in [0.717, 1.165) is 43.8 Å². The van der Waals surface area contributed by atoms with Gasteiger partial charge >= 0.3 is 0 Å². The van der Waals surface area contributed by atoms with E-state index in [-0.39, 0.29) is 6.04 Å². The molecule has 1 aliphatic heterocycles. The van der Waals surface area contributed by atoms with Crippen molar-refractivity contribution in [2.75, 3.05) is 19.6 Å². The van der Waals surface area contributed by atoms with Gasteiger partial charge < -0.3 is 20.5 Å². The molecule has 0 aromatic heterocycles. The summed E-state index contributed by atoms with van der Waals surface area (Å²) in [6.07, 6.45) is 3.37. The predicted molar refractivity (Wildman–Crippen MR) is 74.1 cm³/mol. The second-order valence-corrected chi connectivity index (χ2v) is 5.65. The van der Waals surface area contributed by atoms with Gasteiger partial charge in [-0.2, -0.15) is 0 Å². The van der Waals surface area contributed by atoms with Crippen molar-refractivity contribution in [3.05, 3.63) is 29.8 Å². The molecule has 1 aliphatic carbocycles. The third kappa shape index (κ3) is 3.26. The van der Waals surface area contributed by atoms with E-state index in [4.69, 9.17) is 10.5 Å². The first-order valence-corrected chi connectivity index (χ1v) is 7.15. The molecule has 3 rings (SSSR count). The zero-order chi connectivity index (χ0) is 13.2. The Morgan fingerprint density at radius 2 is 1.95 bits per heavy atom. The average Bonchev–Trinajstić information content (AvgIpc) is 3.17. The van der Waals surface area contributed by atoms with Crippen molar-refractivity contribution in [2.45, 2.75) is 37.5 Å². The number of ether oxygens (including phenoxy) is 1. The van der Waals surface area contributed by atoms with Crippen LogP contribution in [0.5, 0.6) is 5.75 Å². The van der Waals surface area contributed by atoms with Gasteiger partial charge in [-0.15, -0.1) is 0 Å². The van der Waals surface area contributed by atoms with Crippen LogP contribution < -0.4 is 10.5 Å². The third-order valence-corrected chi connectivity index (χ3v) is 3.87.